The Morgan fingerprint density at radius 3 is 2.34 bits per heavy atom. The van der Waals surface area contributed by atoms with Crippen LogP contribution in [0.1, 0.15) is 60.7 Å². The minimum absolute atomic E-state index is 0.0351. The summed E-state index contributed by atoms with van der Waals surface area (Å²) in [5, 5.41) is 5.20. The molecule has 0 spiro atoms. The van der Waals surface area contributed by atoms with Crippen LogP contribution < -0.4 is 26.2 Å². The van der Waals surface area contributed by atoms with Crippen LogP contribution >= 0.6 is 12.2 Å². The van der Waals surface area contributed by atoms with Gasteiger partial charge in [0.05, 0.1) is 6.10 Å². The van der Waals surface area contributed by atoms with Crippen molar-refractivity contribution in [3.63, 3.8) is 0 Å². The number of ether oxygens (including phenoxy) is 1. The van der Waals surface area contributed by atoms with Gasteiger partial charge in [0.25, 0.3) is 11.8 Å². The summed E-state index contributed by atoms with van der Waals surface area (Å²) in [5.41, 5.74) is 6.26. The van der Waals surface area contributed by atoms with E-state index in [2.05, 4.69) is 21.5 Å². The molecule has 0 saturated heterocycles. The molecule has 0 aliphatic rings. The fraction of sp³-hybridized carbons (Fsp3) is 0.304. The Hall–Kier alpha value is -3.46. The van der Waals surface area contributed by atoms with Gasteiger partial charge in [-0.05, 0) is 74.4 Å². The van der Waals surface area contributed by atoms with E-state index in [-0.39, 0.29) is 17.1 Å². The maximum atomic E-state index is 12.4. The molecule has 4 N–H and O–H groups in total. The highest BCUT2D eigenvalue weighted by Gasteiger charge is 2.11. The van der Waals surface area contributed by atoms with Gasteiger partial charge in [-0.3, -0.25) is 30.6 Å². The highest BCUT2D eigenvalue weighted by molar-refractivity contribution is 7.80. The minimum Gasteiger partial charge on any atom is -0.491 e. The first-order chi connectivity index (χ1) is 15.3. The molecule has 0 aromatic heterocycles. The number of carbonyl (C=O) groups is 3. The zero-order chi connectivity index (χ0) is 23.5. The van der Waals surface area contributed by atoms with Crippen LogP contribution in [0.25, 0.3) is 0 Å². The van der Waals surface area contributed by atoms with E-state index in [1.165, 1.54) is 0 Å². The molecule has 0 bridgehead atoms. The van der Waals surface area contributed by atoms with E-state index in [1.807, 2.05) is 20.8 Å². The summed E-state index contributed by atoms with van der Waals surface area (Å²) in [5.74, 6) is -0.367. The zero-order valence-corrected chi connectivity index (χ0v) is 19.2. The average molecular weight is 457 g/mol. The van der Waals surface area contributed by atoms with Crippen molar-refractivity contribution in [3.8, 4) is 5.75 Å². The smallest absolute Gasteiger partial charge is 0.269 e. The minimum atomic E-state index is -0.447. The molecule has 3 amide bonds. The molecule has 1 atom stereocenters. The number of rotatable bonds is 8. The molecular weight excluding hydrogens is 428 g/mol. The van der Waals surface area contributed by atoms with E-state index in [0.29, 0.717) is 29.0 Å². The maximum absolute atomic E-state index is 12.4. The second kappa shape index (κ2) is 12.4. The predicted molar refractivity (Wildman–Crippen MR) is 127 cm³/mol. The van der Waals surface area contributed by atoms with Crippen molar-refractivity contribution in [1.82, 2.24) is 16.2 Å². The van der Waals surface area contributed by atoms with Gasteiger partial charge in [-0.2, -0.15) is 0 Å². The fourth-order valence-corrected chi connectivity index (χ4v) is 2.72. The summed E-state index contributed by atoms with van der Waals surface area (Å²) in [6.45, 7) is 5.89. The summed E-state index contributed by atoms with van der Waals surface area (Å²) in [6, 6.07) is 13.2. The molecule has 0 aliphatic carbocycles. The Morgan fingerprint density at radius 2 is 1.69 bits per heavy atom. The van der Waals surface area contributed by atoms with E-state index >= 15 is 0 Å². The number of hydrogen-bond donors (Lipinski definition) is 4. The number of amides is 3. The van der Waals surface area contributed by atoms with Crippen LogP contribution in [0.15, 0.2) is 48.5 Å². The summed E-state index contributed by atoms with van der Waals surface area (Å²) in [7, 11) is 0. The van der Waals surface area contributed by atoms with Crippen LogP contribution in [0.2, 0.25) is 0 Å². The predicted octanol–water partition coefficient (Wildman–Crippen LogP) is 3.55. The van der Waals surface area contributed by atoms with Crippen molar-refractivity contribution in [3.05, 3.63) is 59.7 Å². The van der Waals surface area contributed by atoms with Gasteiger partial charge in [0.15, 0.2) is 5.11 Å². The third-order valence-corrected chi connectivity index (χ3v) is 4.64. The van der Waals surface area contributed by atoms with E-state index in [1.54, 1.807) is 48.5 Å². The van der Waals surface area contributed by atoms with Gasteiger partial charge < -0.3 is 10.1 Å². The van der Waals surface area contributed by atoms with Crippen LogP contribution in [-0.2, 0) is 4.79 Å². The van der Waals surface area contributed by atoms with Gasteiger partial charge in [-0.1, -0.05) is 19.9 Å². The van der Waals surface area contributed by atoms with E-state index < -0.39 is 11.8 Å². The lowest BCUT2D eigenvalue weighted by Gasteiger charge is -2.14. The monoisotopic (exact) mass is 456 g/mol. The summed E-state index contributed by atoms with van der Waals surface area (Å²) in [4.78, 5) is 36.3. The number of hydrogen-bond acceptors (Lipinski definition) is 5. The molecule has 0 saturated carbocycles. The number of hydrazine groups is 1. The van der Waals surface area contributed by atoms with Gasteiger partial charge in [0.2, 0.25) is 5.91 Å². The maximum Gasteiger partial charge on any atom is 0.269 e. The summed E-state index contributed by atoms with van der Waals surface area (Å²) in [6.07, 6.45) is 2.07. The Labute approximate surface area is 193 Å². The Bertz CT molecular complexity index is 963. The van der Waals surface area contributed by atoms with Crippen molar-refractivity contribution < 1.29 is 19.1 Å². The van der Waals surface area contributed by atoms with Crippen molar-refractivity contribution in [2.24, 2.45) is 0 Å². The molecule has 0 aliphatic heterocycles. The SMILES string of the molecule is CCCC(=O)Nc1ccc(C(=O)NNC(=S)NC(=O)c2cccc(OC(C)CC)c2)cc1. The summed E-state index contributed by atoms with van der Waals surface area (Å²) < 4.78 is 5.72. The number of thiocarbonyl (C=S) groups is 1. The molecule has 0 heterocycles. The first-order valence-corrected chi connectivity index (χ1v) is 10.8. The molecule has 9 heteroatoms. The molecule has 170 valence electrons. The van der Waals surface area contributed by atoms with Crippen molar-refractivity contribution >= 4 is 40.7 Å². The molecule has 2 aromatic rings. The first kappa shape index (κ1) is 24.8. The number of benzene rings is 2. The fourth-order valence-electron chi connectivity index (χ4n) is 2.57. The lowest BCUT2D eigenvalue weighted by Crippen LogP contribution is -2.48. The quantitative estimate of drug-likeness (QED) is 0.357. The average Bonchev–Trinajstić information content (AvgIpc) is 2.78. The van der Waals surface area contributed by atoms with Crippen LogP contribution in [0, 0.1) is 0 Å². The van der Waals surface area contributed by atoms with Gasteiger partial charge >= 0.3 is 0 Å². The molecule has 0 radical (unpaired) electrons. The van der Waals surface area contributed by atoms with Crippen molar-refractivity contribution in [2.45, 2.75) is 46.1 Å². The van der Waals surface area contributed by atoms with Crippen molar-refractivity contribution in [1.29, 1.82) is 0 Å². The van der Waals surface area contributed by atoms with Crippen LogP contribution in [0.3, 0.4) is 0 Å². The zero-order valence-electron chi connectivity index (χ0n) is 18.4. The van der Waals surface area contributed by atoms with Gasteiger partial charge in [0, 0.05) is 23.2 Å². The summed E-state index contributed by atoms with van der Waals surface area (Å²) >= 11 is 5.08. The highest BCUT2D eigenvalue weighted by atomic mass is 32.1. The third-order valence-electron chi connectivity index (χ3n) is 4.43. The Kier molecular flexibility index (Phi) is 9.62. The van der Waals surface area contributed by atoms with E-state index in [0.717, 1.165) is 12.8 Å². The number of nitrogens with one attached hydrogen (secondary N) is 4. The Balaban J connectivity index is 1.84. The molecule has 0 fully saturated rings. The normalized spacial score (nSPS) is 11.1. The van der Waals surface area contributed by atoms with Crippen molar-refractivity contribution in [2.75, 3.05) is 5.32 Å². The van der Waals surface area contributed by atoms with Gasteiger partial charge in [-0.25, -0.2) is 0 Å². The third kappa shape index (κ3) is 7.99. The van der Waals surface area contributed by atoms with Crippen LogP contribution in [-0.4, -0.2) is 28.9 Å². The largest absolute Gasteiger partial charge is 0.491 e. The second-order valence-corrected chi connectivity index (χ2v) is 7.51. The lowest BCUT2D eigenvalue weighted by atomic mass is 10.2. The van der Waals surface area contributed by atoms with Gasteiger partial charge in [-0.15, -0.1) is 0 Å². The second-order valence-electron chi connectivity index (χ2n) is 7.10. The molecule has 2 rings (SSSR count). The molecule has 32 heavy (non-hydrogen) atoms. The van der Waals surface area contributed by atoms with E-state index in [9.17, 15) is 14.4 Å². The number of anilines is 1. The van der Waals surface area contributed by atoms with E-state index in [4.69, 9.17) is 17.0 Å². The number of carbonyl (C=O) groups excluding carboxylic acids is 3. The highest BCUT2D eigenvalue weighted by Crippen LogP contribution is 2.16. The van der Waals surface area contributed by atoms with Crippen LogP contribution in [0.4, 0.5) is 5.69 Å². The standard InChI is InChI=1S/C23H28N4O4S/c1-4-7-20(28)24-18-12-10-16(11-13-18)22(30)26-27-23(32)25-21(29)17-8-6-9-19(14-17)31-15(3)5-2/h6,8-15H,4-5,7H2,1-3H3,(H,24,28)(H,26,30)(H2,25,27,29,32). The topological polar surface area (TPSA) is 109 Å². The van der Waals surface area contributed by atoms with Gasteiger partial charge in [0.1, 0.15) is 5.75 Å². The molecular formula is C23H28N4O4S. The lowest BCUT2D eigenvalue weighted by molar-refractivity contribution is -0.116. The Morgan fingerprint density at radius 1 is 0.969 bits per heavy atom. The molecule has 2 aromatic carbocycles. The van der Waals surface area contributed by atoms with Crippen LogP contribution in [0.5, 0.6) is 5.75 Å². The first-order valence-electron chi connectivity index (χ1n) is 10.4. The molecule has 8 nitrogen and oxygen atoms in total. The molecule has 1 unspecified atom stereocenters.